The number of aliphatic hydroxyl groups excluding tert-OH is 1. The van der Waals surface area contributed by atoms with Gasteiger partial charge >= 0.3 is 0 Å². The van der Waals surface area contributed by atoms with Crippen molar-refractivity contribution in [1.82, 2.24) is 10.3 Å². The van der Waals surface area contributed by atoms with Crippen molar-refractivity contribution in [3.8, 4) is 22.5 Å². The number of amides is 1. The molecule has 0 spiro atoms. The van der Waals surface area contributed by atoms with Crippen LogP contribution in [0.5, 0.6) is 0 Å². The fourth-order valence-electron chi connectivity index (χ4n) is 3.60. The molecule has 108 valence electrons. The number of fused-ring (bicyclic) bond motifs is 4. The van der Waals surface area contributed by atoms with Gasteiger partial charge in [0.25, 0.3) is 5.91 Å². The quantitative estimate of drug-likeness (QED) is 0.531. The van der Waals surface area contributed by atoms with Crippen LogP contribution in [0.4, 0.5) is 0 Å². The van der Waals surface area contributed by atoms with Crippen LogP contribution in [-0.2, 0) is 6.42 Å². The van der Waals surface area contributed by atoms with Gasteiger partial charge in [-0.1, -0.05) is 30.3 Å². The number of aromatic amines is 1. The number of H-pyrrole nitrogens is 1. The fourth-order valence-corrected chi connectivity index (χ4v) is 3.60. The Labute approximate surface area is 127 Å². The molecule has 2 atom stereocenters. The SMILES string of the molecule is O=C(N[C@H]1c2ccccc2C[C@@H]1O)c1ccc2c3[nH]c-3cc1-2. The topological polar surface area (TPSA) is 65.1 Å². The van der Waals surface area contributed by atoms with E-state index in [1.54, 1.807) is 0 Å². The molecule has 0 saturated heterocycles. The predicted molar refractivity (Wildman–Crippen MR) is 82.8 cm³/mol. The van der Waals surface area contributed by atoms with Crippen molar-refractivity contribution in [1.29, 1.82) is 0 Å². The number of aliphatic hydroxyl groups is 1. The van der Waals surface area contributed by atoms with Crippen molar-refractivity contribution in [2.24, 2.45) is 0 Å². The third kappa shape index (κ3) is 1.53. The summed E-state index contributed by atoms with van der Waals surface area (Å²) < 4.78 is 0. The van der Waals surface area contributed by atoms with Gasteiger partial charge in [0.1, 0.15) is 0 Å². The molecule has 0 fully saturated rings. The lowest BCUT2D eigenvalue weighted by Crippen LogP contribution is -2.33. The second-order valence-electron chi connectivity index (χ2n) is 6.05. The average Bonchev–Trinajstić information content (AvgIpc) is 2.87. The Morgan fingerprint density at radius 1 is 1.18 bits per heavy atom. The van der Waals surface area contributed by atoms with Crippen molar-refractivity contribution < 1.29 is 9.90 Å². The van der Waals surface area contributed by atoms with E-state index in [2.05, 4.69) is 10.3 Å². The summed E-state index contributed by atoms with van der Waals surface area (Å²) in [5, 5.41) is 13.3. The average molecular weight is 290 g/mol. The third-order valence-corrected chi connectivity index (χ3v) is 4.76. The summed E-state index contributed by atoms with van der Waals surface area (Å²) in [6, 6.07) is 13.4. The van der Waals surface area contributed by atoms with Crippen molar-refractivity contribution in [2.45, 2.75) is 18.6 Å². The summed E-state index contributed by atoms with van der Waals surface area (Å²) >= 11 is 0. The van der Waals surface area contributed by atoms with Gasteiger partial charge in [0.05, 0.1) is 23.5 Å². The number of benzene rings is 1. The van der Waals surface area contributed by atoms with Gasteiger partial charge in [0, 0.05) is 17.5 Å². The zero-order chi connectivity index (χ0) is 14.8. The lowest BCUT2D eigenvalue weighted by Gasteiger charge is -2.18. The van der Waals surface area contributed by atoms with Crippen LogP contribution in [0.1, 0.15) is 27.5 Å². The maximum absolute atomic E-state index is 12.6. The van der Waals surface area contributed by atoms with E-state index in [1.807, 2.05) is 42.5 Å². The number of carbonyl (C=O) groups excluding carboxylic acids is 1. The van der Waals surface area contributed by atoms with Crippen LogP contribution >= 0.6 is 0 Å². The first kappa shape index (κ1) is 12.0. The largest absolute Gasteiger partial charge is 0.390 e. The lowest BCUT2D eigenvalue weighted by atomic mass is 10.1. The summed E-state index contributed by atoms with van der Waals surface area (Å²) in [6.07, 6.45) is 0.0266. The van der Waals surface area contributed by atoms with E-state index >= 15 is 0 Å². The Balaban J connectivity index is 1.46. The normalized spacial score (nSPS) is 21.0. The van der Waals surface area contributed by atoms with Crippen molar-refractivity contribution in [3.05, 3.63) is 59.2 Å². The Bertz CT molecular complexity index is 896. The van der Waals surface area contributed by atoms with Crippen molar-refractivity contribution in [2.75, 3.05) is 0 Å². The monoisotopic (exact) mass is 290 g/mol. The minimum Gasteiger partial charge on any atom is -0.390 e. The van der Waals surface area contributed by atoms with Gasteiger partial charge in [0.2, 0.25) is 0 Å². The highest BCUT2D eigenvalue weighted by molar-refractivity contribution is 6.07. The number of nitrogens with one attached hydrogen (secondary N) is 2. The molecule has 3 aliphatic carbocycles. The summed E-state index contributed by atoms with van der Waals surface area (Å²) in [4.78, 5) is 15.8. The molecule has 22 heavy (non-hydrogen) atoms. The van der Waals surface area contributed by atoms with Crippen LogP contribution in [-0.4, -0.2) is 22.1 Å². The van der Waals surface area contributed by atoms with Crippen LogP contribution in [0, 0.1) is 0 Å². The van der Waals surface area contributed by atoms with Gasteiger partial charge < -0.3 is 15.4 Å². The van der Waals surface area contributed by atoms with E-state index in [-0.39, 0.29) is 11.9 Å². The smallest absolute Gasteiger partial charge is 0.252 e. The summed E-state index contributed by atoms with van der Waals surface area (Å²) in [7, 11) is 0. The Morgan fingerprint density at radius 3 is 2.95 bits per heavy atom. The van der Waals surface area contributed by atoms with Gasteiger partial charge in [-0.05, 0) is 28.8 Å². The van der Waals surface area contributed by atoms with E-state index in [0.717, 1.165) is 33.6 Å². The molecule has 1 amide bonds. The summed E-state index contributed by atoms with van der Waals surface area (Å²) in [6.45, 7) is 0. The van der Waals surface area contributed by atoms with Gasteiger partial charge in [-0.15, -0.1) is 0 Å². The molecule has 3 N–H and O–H groups in total. The fraction of sp³-hybridized carbons (Fsp3) is 0.167. The molecular weight excluding hydrogens is 276 g/mol. The standard InChI is InChI=1S/C18H14N2O2/c21-15-7-9-3-1-2-4-10(9)17(15)20-18(22)12-6-5-11-13(12)8-14-16(11)19-14/h1-6,8,15,17,19,21H,7H2,(H,20,22)/t15-,17-/m0/s1. The molecule has 0 aromatic heterocycles. The highest BCUT2D eigenvalue weighted by Gasteiger charge is 2.34. The first-order chi connectivity index (χ1) is 10.7. The first-order valence-electron chi connectivity index (χ1n) is 7.45. The van der Waals surface area contributed by atoms with Gasteiger partial charge in [-0.3, -0.25) is 4.79 Å². The number of pyridine rings is 1. The number of hydrogen-bond donors (Lipinski definition) is 3. The molecule has 1 heterocycles. The molecule has 4 aliphatic rings. The van der Waals surface area contributed by atoms with Crippen LogP contribution in [0.15, 0.2) is 42.5 Å². The van der Waals surface area contributed by atoms with Gasteiger partial charge in [-0.2, -0.15) is 0 Å². The molecule has 1 aromatic rings. The molecule has 0 bridgehead atoms. The molecular formula is C18H14N2O2. The summed E-state index contributed by atoms with van der Waals surface area (Å²) in [5.41, 5.74) is 7.15. The second-order valence-corrected chi connectivity index (χ2v) is 6.05. The number of rotatable bonds is 2. The van der Waals surface area contributed by atoms with E-state index in [0.29, 0.717) is 12.0 Å². The second kappa shape index (κ2) is 3.99. The molecule has 1 aliphatic heterocycles. The Morgan fingerprint density at radius 2 is 2.05 bits per heavy atom. The maximum Gasteiger partial charge on any atom is 0.252 e. The molecule has 0 radical (unpaired) electrons. The van der Waals surface area contributed by atoms with Gasteiger partial charge in [0.15, 0.2) is 0 Å². The Hall–Kier alpha value is -2.59. The van der Waals surface area contributed by atoms with E-state index in [4.69, 9.17) is 0 Å². The molecule has 4 nitrogen and oxygen atoms in total. The summed E-state index contributed by atoms with van der Waals surface area (Å²) in [5.74, 6) is -0.124. The van der Waals surface area contributed by atoms with E-state index in [9.17, 15) is 9.90 Å². The van der Waals surface area contributed by atoms with Gasteiger partial charge in [-0.25, -0.2) is 0 Å². The maximum atomic E-state index is 12.6. The predicted octanol–water partition coefficient (Wildman–Crippen LogP) is 2.49. The third-order valence-electron chi connectivity index (χ3n) is 4.76. The number of carbonyl (C=O) groups is 1. The number of hydrogen-bond acceptors (Lipinski definition) is 2. The van der Waals surface area contributed by atoms with E-state index in [1.165, 1.54) is 0 Å². The molecule has 5 rings (SSSR count). The van der Waals surface area contributed by atoms with Crippen LogP contribution in [0.3, 0.4) is 0 Å². The zero-order valence-electron chi connectivity index (χ0n) is 11.8. The van der Waals surface area contributed by atoms with Crippen molar-refractivity contribution >= 4 is 5.91 Å². The zero-order valence-corrected chi connectivity index (χ0v) is 11.8. The van der Waals surface area contributed by atoms with Crippen LogP contribution in [0.25, 0.3) is 22.5 Å². The Kier molecular flexibility index (Phi) is 2.18. The highest BCUT2D eigenvalue weighted by Crippen LogP contribution is 2.45. The molecule has 4 heteroatoms. The molecule has 0 unspecified atom stereocenters. The molecule has 0 saturated carbocycles. The minimum atomic E-state index is -0.563. The molecule has 1 aromatic carbocycles. The van der Waals surface area contributed by atoms with Crippen LogP contribution < -0.4 is 5.32 Å². The van der Waals surface area contributed by atoms with Crippen molar-refractivity contribution in [3.63, 3.8) is 0 Å². The lowest BCUT2D eigenvalue weighted by molar-refractivity contribution is 0.0859. The number of aromatic nitrogens is 1. The highest BCUT2D eigenvalue weighted by atomic mass is 16.3. The minimum absolute atomic E-state index is 0.124. The van der Waals surface area contributed by atoms with E-state index < -0.39 is 6.10 Å². The first-order valence-corrected chi connectivity index (χ1v) is 7.45. The van der Waals surface area contributed by atoms with Crippen LogP contribution in [0.2, 0.25) is 0 Å².